The van der Waals surface area contributed by atoms with Crippen molar-refractivity contribution in [1.82, 2.24) is 5.32 Å². The Balaban J connectivity index is 2.41. The molecule has 1 aromatic rings. The Labute approximate surface area is 94.8 Å². The van der Waals surface area contributed by atoms with Crippen LogP contribution in [0, 0.1) is 25.3 Å². The number of nitrogens with zero attached hydrogens (tertiary/aromatic N) is 1. The van der Waals surface area contributed by atoms with Crippen molar-refractivity contribution < 1.29 is 9.53 Å². The van der Waals surface area contributed by atoms with Gasteiger partial charge in [-0.2, -0.15) is 5.26 Å². The number of aryl methyl sites for hydroxylation is 2. The smallest absolute Gasteiger partial charge is 0.236 e. The molecule has 0 radical (unpaired) electrons. The van der Waals surface area contributed by atoms with Gasteiger partial charge in [-0.1, -0.05) is 6.07 Å². The molecular weight excluding hydrogens is 204 g/mol. The van der Waals surface area contributed by atoms with E-state index in [0.29, 0.717) is 0 Å². The summed E-state index contributed by atoms with van der Waals surface area (Å²) < 4.78 is 5.39. The minimum Gasteiger partial charge on any atom is -0.493 e. The second kappa shape index (κ2) is 5.76. The zero-order chi connectivity index (χ0) is 12.0. The first kappa shape index (κ1) is 12.1. The predicted molar refractivity (Wildman–Crippen MR) is 59.8 cm³/mol. The number of benzene rings is 1. The summed E-state index contributed by atoms with van der Waals surface area (Å²) in [6, 6.07) is 5.77. The molecule has 4 heteroatoms. The maximum Gasteiger partial charge on any atom is 0.236 e. The lowest BCUT2D eigenvalue weighted by atomic mass is 10.1. The van der Waals surface area contributed by atoms with E-state index in [9.17, 15) is 4.79 Å². The van der Waals surface area contributed by atoms with Gasteiger partial charge in [0.05, 0.1) is 13.0 Å². The molecule has 16 heavy (non-hydrogen) atoms. The van der Waals surface area contributed by atoms with Crippen LogP contribution >= 0.6 is 0 Å². The standard InChI is InChI=1S/C12H14N2O2/c1-9-3-4-11(7-10(9)2)16-6-5-12(15)14-8-13/h3-4,7H,5-6H2,1-2H3,(H,14,15). The molecule has 0 saturated heterocycles. The number of nitriles is 1. The fourth-order valence-electron chi connectivity index (χ4n) is 1.19. The molecule has 0 saturated carbocycles. The molecule has 1 amide bonds. The van der Waals surface area contributed by atoms with E-state index in [2.05, 4.69) is 0 Å². The number of carbonyl (C=O) groups excluding carboxylic acids is 1. The van der Waals surface area contributed by atoms with E-state index >= 15 is 0 Å². The van der Waals surface area contributed by atoms with Crippen molar-refractivity contribution in [2.75, 3.05) is 6.61 Å². The lowest BCUT2D eigenvalue weighted by Crippen LogP contribution is -2.19. The van der Waals surface area contributed by atoms with Gasteiger partial charge in [0.25, 0.3) is 0 Å². The summed E-state index contributed by atoms with van der Waals surface area (Å²) in [6.45, 7) is 4.31. The van der Waals surface area contributed by atoms with Gasteiger partial charge in [-0.15, -0.1) is 0 Å². The predicted octanol–water partition coefficient (Wildman–Crippen LogP) is 1.67. The maximum absolute atomic E-state index is 10.9. The van der Waals surface area contributed by atoms with Gasteiger partial charge in [0.1, 0.15) is 5.75 Å². The topological polar surface area (TPSA) is 62.1 Å². The second-order valence-corrected chi connectivity index (χ2v) is 3.50. The molecule has 0 aliphatic carbocycles. The molecule has 0 aliphatic rings. The Bertz CT molecular complexity index is 422. The van der Waals surface area contributed by atoms with Crippen LogP contribution in [0.5, 0.6) is 5.75 Å². The van der Waals surface area contributed by atoms with Gasteiger partial charge in [0.15, 0.2) is 6.19 Å². The van der Waals surface area contributed by atoms with Crippen molar-refractivity contribution in [3.8, 4) is 11.9 Å². The lowest BCUT2D eigenvalue weighted by molar-refractivity contribution is -0.120. The zero-order valence-electron chi connectivity index (χ0n) is 9.41. The van der Waals surface area contributed by atoms with E-state index in [1.54, 1.807) is 6.19 Å². The molecule has 0 bridgehead atoms. The molecule has 4 nitrogen and oxygen atoms in total. The number of rotatable bonds is 4. The van der Waals surface area contributed by atoms with E-state index in [0.717, 1.165) is 11.3 Å². The van der Waals surface area contributed by atoms with E-state index in [-0.39, 0.29) is 18.9 Å². The Morgan fingerprint density at radius 1 is 1.44 bits per heavy atom. The highest BCUT2D eigenvalue weighted by atomic mass is 16.5. The number of carbonyl (C=O) groups is 1. The minimum absolute atomic E-state index is 0.181. The molecular formula is C12H14N2O2. The first-order valence-electron chi connectivity index (χ1n) is 5.01. The molecule has 0 heterocycles. The van der Waals surface area contributed by atoms with Gasteiger partial charge in [-0.3, -0.25) is 10.1 Å². The summed E-state index contributed by atoms with van der Waals surface area (Å²) in [5.41, 5.74) is 2.36. The van der Waals surface area contributed by atoms with Gasteiger partial charge in [0, 0.05) is 0 Å². The maximum atomic E-state index is 10.9. The van der Waals surface area contributed by atoms with Crippen molar-refractivity contribution in [1.29, 1.82) is 5.26 Å². The van der Waals surface area contributed by atoms with Crippen LogP contribution in [0.4, 0.5) is 0 Å². The third kappa shape index (κ3) is 3.62. The molecule has 0 unspecified atom stereocenters. The summed E-state index contributed by atoms with van der Waals surface area (Å²) in [7, 11) is 0. The van der Waals surface area contributed by atoms with Crippen LogP contribution in [0.3, 0.4) is 0 Å². The Morgan fingerprint density at radius 2 is 2.19 bits per heavy atom. The van der Waals surface area contributed by atoms with Crippen molar-refractivity contribution >= 4 is 5.91 Å². The number of ether oxygens (including phenoxy) is 1. The summed E-state index contributed by atoms with van der Waals surface area (Å²) in [5.74, 6) is 0.416. The van der Waals surface area contributed by atoms with Crippen LogP contribution in [-0.2, 0) is 4.79 Å². The third-order valence-electron chi connectivity index (χ3n) is 2.27. The Morgan fingerprint density at radius 3 is 2.81 bits per heavy atom. The van der Waals surface area contributed by atoms with Crippen molar-refractivity contribution in [3.05, 3.63) is 29.3 Å². The van der Waals surface area contributed by atoms with Crippen LogP contribution < -0.4 is 10.1 Å². The SMILES string of the molecule is Cc1ccc(OCCC(=O)NC#N)cc1C. The summed E-state index contributed by atoms with van der Waals surface area (Å²) in [4.78, 5) is 10.9. The van der Waals surface area contributed by atoms with E-state index in [1.807, 2.05) is 37.4 Å². The molecule has 1 aromatic carbocycles. The molecule has 1 N–H and O–H groups in total. The van der Waals surface area contributed by atoms with Gasteiger partial charge >= 0.3 is 0 Å². The molecule has 0 aromatic heterocycles. The Kier molecular flexibility index (Phi) is 4.34. The van der Waals surface area contributed by atoms with E-state index in [4.69, 9.17) is 10.00 Å². The quantitative estimate of drug-likeness (QED) is 0.617. The van der Waals surface area contributed by atoms with E-state index in [1.165, 1.54) is 5.56 Å². The number of hydrogen-bond acceptors (Lipinski definition) is 3. The van der Waals surface area contributed by atoms with Gasteiger partial charge in [0.2, 0.25) is 5.91 Å². The third-order valence-corrected chi connectivity index (χ3v) is 2.27. The number of nitrogens with one attached hydrogen (secondary N) is 1. The van der Waals surface area contributed by atoms with E-state index < -0.39 is 0 Å². The van der Waals surface area contributed by atoms with Crippen LogP contribution in [0.2, 0.25) is 0 Å². The van der Waals surface area contributed by atoms with Crippen LogP contribution in [-0.4, -0.2) is 12.5 Å². The fraction of sp³-hybridized carbons (Fsp3) is 0.333. The molecule has 0 aliphatic heterocycles. The minimum atomic E-state index is -0.327. The summed E-state index contributed by atoms with van der Waals surface area (Å²) in [6.07, 6.45) is 1.76. The first-order chi connectivity index (χ1) is 7.63. The Hall–Kier alpha value is -2.02. The largest absolute Gasteiger partial charge is 0.493 e. The van der Waals surface area contributed by atoms with Crippen LogP contribution in [0.25, 0.3) is 0 Å². The monoisotopic (exact) mass is 218 g/mol. The summed E-state index contributed by atoms with van der Waals surface area (Å²) >= 11 is 0. The van der Waals surface area contributed by atoms with Gasteiger partial charge in [-0.05, 0) is 37.1 Å². The first-order valence-corrected chi connectivity index (χ1v) is 5.01. The molecule has 1 rings (SSSR count). The fourth-order valence-corrected chi connectivity index (χ4v) is 1.19. The number of hydrogen-bond donors (Lipinski definition) is 1. The van der Waals surface area contributed by atoms with Gasteiger partial charge < -0.3 is 4.74 Å². The second-order valence-electron chi connectivity index (χ2n) is 3.50. The molecule has 0 spiro atoms. The molecule has 84 valence electrons. The highest BCUT2D eigenvalue weighted by molar-refractivity contribution is 5.77. The molecule has 0 atom stereocenters. The average Bonchev–Trinajstić information content (AvgIpc) is 2.24. The molecule has 0 fully saturated rings. The number of amides is 1. The van der Waals surface area contributed by atoms with Crippen molar-refractivity contribution in [2.24, 2.45) is 0 Å². The van der Waals surface area contributed by atoms with Crippen LogP contribution in [0.1, 0.15) is 17.5 Å². The normalized spacial score (nSPS) is 9.31. The van der Waals surface area contributed by atoms with Crippen LogP contribution in [0.15, 0.2) is 18.2 Å². The highest BCUT2D eigenvalue weighted by Gasteiger charge is 2.01. The van der Waals surface area contributed by atoms with Crippen molar-refractivity contribution in [2.45, 2.75) is 20.3 Å². The lowest BCUT2D eigenvalue weighted by Gasteiger charge is -2.07. The van der Waals surface area contributed by atoms with Crippen molar-refractivity contribution in [3.63, 3.8) is 0 Å². The zero-order valence-corrected chi connectivity index (χ0v) is 9.41. The van der Waals surface area contributed by atoms with Gasteiger partial charge in [-0.25, -0.2) is 0 Å². The summed E-state index contributed by atoms with van der Waals surface area (Å²) in [5, 5.41) is 10.2. The highest BCUT2D eigenvalue weighted by Crippen LogP contribution is 2.16. The average molecular weight is 218 g/mol.